The summed E-state index contributed by atoms with van der Waals surface area (Å²) in [7, 11) is 1.67. The minimum absolute atomic E-state index is 0.0256. The molecule has 0 aromatic heterocycles. The fourth-order valence-corrected chi connectivity index (χ4v) is 3.58. The quantitative estimate of drug-likeness (QED) is 0.625. The van der Waals surface area contributed by atoms with Crippen LogP contribution in [0.15, 0.2) is 47.4 Å². The Labute approximate surface area is 159 Å². The van der Waals surface area contributed by atoms with Gasteiger partial charge in [-0.3, -0.25) is 4.79 Å². The van der Waals surface area contributed by atoms with Crippen LogP contribution in [0.2, 0.25) is 5.02 Å². The Hall–Kier alpha value is -1.65. The number of methoxy groups -OCH3 is 1. The number of hydrogen-bond acceptors (Lipinski definition) is 3. The molecule has 0 aliphatic carbocycles. The molecule has 0 aliphatic heterocycles. The number of thioether (sulfide) groups is 1. The Balaban J connectivity index is 1.86. The highest BCUT2D eigenvalue weighted by Gasteiger charge is 2.14. The normalized spacial score (nSPS) is 11.8. The van der Waals surface area contributed by atoms with E-state index in [0.29, 0.717) is 6.42 Å². The Morgan fingerprint density at radius 1 is 1.24 bits per heavy atom. The summed E-state index contributed by atoms with van der Waals surface area (Å²) in [5.41, 5.74) is 2.19. The van der Waals surface area contributed by atoms with Gasteiger partial charge in [0.1, 0.15) is 5.75 Å². The van der Waals surface area contributed by atoms with Gasteiger partial charge in [0, 0.05) is 22.1 Å². The molecule has 5 heteroatoms. The van der Waals surface area contributed by atoms with Crippen LogP contribution in [-0.4, -0.2) is 18.8 Å². The minimum atomic E-state index is 0.0256. The van der Waals surface area contributed by atoms with Crippen molar-refractivity contribution < 1.29 is 9.53 Å². The second-order valence-electron chi connectivity index (χ2n) is 5.81. The number of carbonyl (C=O) groups excluding carboxylic acids is 1. The third-order valence-electron chi connectivity index (χ3n) is 3.98. The summed E-state index contributed by atoms with van der Waals surface area (Å²) in [4.78, 5) is 13.4. The van der Waals surface area contributed by atoms with Crippen molar-refractivity contribution in [2.75, 3.05) is 12.9 Å². The molecule has 2 aromatic carbocycles. The van der Waals surface area contributed by atoms with Gasteiger partial charge in [0.05, 0.1) is 13.2 Å². The first-order valence-corrected chi connectivity index (χ1v) is 9.72. The Bertz CT molecular complexity index is 703. The van der Waals surface area contributed by atoms with Gasteiger partial charge >= 0.3 is 0 Å². The average molecular weight is 378 g/mol. The Morgan fingerprint density at radius 3 is 2.56 bits per heavy atom. The Morgan fingerprint density at radius 2 is 1.96 bits per heavy atom. The molecular formula is C20H24ClNO2S. The summed E-state index contributed by atoms with van der Waals surface area (Å²) in [6.07, 6.45) is 1.33. The lowest BCUT2D eigenvalue weighted by Gasteiger charge is -2.19. The molecule has 0 saturated carbocycles. The molecule has 25 heavy (non-hydrogen) atoms. The van der Waals surface area contributed by atoms with Crippen molar-refractivity contribution in [1.29, 1.82) is 0 Å². The van der Waals surface area contributed by atoms with Crippen LogP contribution < -0.4 is 10.1 Å². The van der Waals surface area contributed by atoms with Crippen LogP contribution in [-0.2, 0) is 4.79 Å². The minimum Gasteiger partial charge on any atom is -0.496 e. The number of hydrogen-bond donors (Lipinski definition) is 1. The van der Waals surface area contributed by atoms with Crippen molar-refractivity contribution in [1.82, 2.24) is 5.32 Å². The molecule has 0 aliphatic rings. The predicted molar refractivity (Wildman–Crippen MR) is 106 cm³/mol. The highest BCUT2D eigenvalue weighted by molar-refractivity contribution is 7.99. The van der Waals surface area contributed by atoms with Gasteiger partial charge in [-0.1, -0.05) is 30.7 Å². The Kier molecular flexibility index (Phi) is 7.66. The van der Waals surface area contributed by atoms with Crippen LogP contribution in [0.3, 0.4) is 0 Å². The van der Waals surface area contributed by atoms with E-state index in [2.05, 4.69) is 18.3 Å². The zero-order valence-electron chi connectivity index (χ0n) is 14.8. The highest BCUT2D eigenvalue weighted by atomic mass is 35.5. The number of nitrogens with one attached hydrogen (secondary N) is 1. The van der Waals surface area contributed by atoms with Crippen LogP contribution in [0.4, 0.5) is 0 Å². The van der Waals surface area contributed by atoms with Crippen molar-refractivity contribution in [2.24, 2.45) is 0 Å². The van der Waals surface area contributed by atoms with Gasteiger partial charge in [-0.25, -0.2) is 0 Å². The third kappa shape index (κ3) is 5.98. The lowest BCUT2D eigenvalue weighted by Crippen LogP contribution is -2.28. The predicted octanol–water partition coefficient (Wildman–Crippen LogP) is 5.41. The molecule has 1 N–H and O–H groups in total. The van der Waals surface area contributed by atoms with E-state index in [0.717, 1.165) is 39.0 Å². The van der Waals surface area contributed by atoms with Gasteiger partial charge in [-0.2, -0.15) is 0 Å². The van der Waals surface area contributed by atoms with Gasteiger partial charge < -0.3 is 10.1 Å². The molecule has 0 spiro atoms. The van der Waals surface area contributed by atoms with Crippen LogP contribution in [0, 0.1) is 6.92 Å². The zero-order valence-corrected chi connectivity index (χ0v) is 16.4. The maximum absolute atomic E-state index is 12.3. The number of aryl methyl sites for hydroxylation is 1. The second kappa shape index (κ2) is 9.73. The third-order valence-corrected chi connectivity index (χ3v) is 5.24. The monoisotopic (exact) mass is 377 g/mol. The molecule has 0 saturated heterocycles. The molecule has 0 unspecified atom stereocenters. The van der Waals surface area contributed by atoms with Crippen LogP contribution >= 0.6 is 23.4 Å². The molecule has 134 valence electrons. The molecule has 0 bridgehead atoms. The van der Waals surface area contributed by atoms with Crippen molar-refractivity contribution in [3.8, 4) is 5.75 Å². The van der Waals surface area contributed by atoms with Crippen molar-refractivity contribution in [3.63, 3.8) is 0 Å². The number of benzene rings is 2. The number of halogens is 1. The van der Waals surface area contributed by atoms with Gasteiger partial charge in [-0.15, -0.1) is 11.8 Å². The standard InChI is InChI=1S/C20H24ClNO2S/c1-4-18(15-5-10-19(24-3)14(2)13-15)22-20(23)11-12-25-17-8-6-16(21)7-9-17/h5-10,13,18H,4,11-12H2,1-3H3,(H,22,23)/t18-/m0/s1. The van der Waals surface area contributed by atoms with Crippen molar-refractivity contribution >= 4 is 29.3 Å². The zero-order chi connectivity index (χ0) is 18.2. The summed E-state index contributed by atoms with van der Waals surface area (Å²) >= 11 is 7.54. The molecule has 0 heterocycles. The van der Waals surface area contributed by atoms with E-state index >= 15 is 0 Å². The summed E-state index contributed by atoms with van der Waals surface area (Å²) in [5.74, 6) is 1.68. The molecule has 0 fully saturated rings. The van der Waals surface area contributed by atoms with Crippen molar-refractivity contribution in [3.05, 3.63) is 58.6 Å². The van der Waals surface area contributed by atoms with E-state index in [-0.39, 0.29) is 11.9 Å². The van der Waals surface area contributed by atoms with Gasteiger partial charge in [0.2, 0.25) is 5.91 Å². The fraction of sp³-hybridized carbons (Fsp3) is 0.350. The summed E-state index contributed by atoms with van der Waals surface area (Å²) in [6, 6.07) is 13.7. The molecule has 1 amide bonds. The maximum Gasteiger partial charge on any atom is 0.221 e. The van der Waals surface area contributed by atoms with E-state index in [1.807, 2.05) is 43.3 Å². The van der Waals surface area contributed by atoms with E-state index in [9.17, 15) is 4.79 Å². The van der Waals surface area contributed by atoms with Crippen LogP contribution in [0.1, 0.15) is 36.9 Å². The van der Waals surface area contributed by atoms with E-state index < -0.39 is 0 Å². The topological polar surface area (TPSA) is 38.3 Å². The summed E-state index contributed by atoms with van der Waals surface area (Å²) in [6.45, 7) is 4.09. The number of rotatable bonds is 8. The molecule has 0 radical (unpaired) electrons. The van der Waals surface area contributed by atoms with Crippen molar-refractivity contribution in [2.45, 2.75) is 37.6 Å². The molecule has 3 nitrogen and oxygen atoms in total. The average Bonchev–Trinajstić information content (AvgIpc) is 2.61. The first kappa shape index (κ1) is 19.7. The number of amides is 1. The smallest absolute Gasteiger partial charge is 0.221 e. The molecule has 2 aromatic rings. The van der Waals surface area contributed by atoms with Gasteiger partial charge in [0.15, 0.2) is 0 Å². The van der Waals surface area contributed by atoms with Crippen LogP contribution in [0.25, 0.3) is 0 Å². The molecular weight excluding hydrogens is 354 g/mol. The van der Waals surface area contributed by atoms with E-state index in [4.69, 9.17) is 16.3 Å². The van der Waals surface area contributed by atoms with Crippen LogP contribution in [0.5, 0.6) is 5.75 Å². The number of carbonyl (C=O) groups is 1. The fourth-order valence-electron chi connectivity index (χ4n) is 2.60. The lowest BCUT2D eigenvalue weighted by molar-refractivity contribution is -0.121. The first-order chi connectivity index (χ1) is 12.0. The molecule has 1 atom stereocenters. The lowest BCUT2D eigenvalue weighted by atomic mass is 10.0. The van der Waals surface area contributed by atoms with E-state index in [1.165, 1.54) is 0 Å². The number of ether oxygens (including phenoxy) is 1. The van der Waals surface area contributed by atoms with Gasteiger partial charge in [-0.05, 0) is 54.8 Å². The largest absolute Gasteiger partial charge is 0.496 e. The second-order valence-corrected chi connectivity index (χ2v) is 7.41. The highest BCUT2D eigenvalue weighted by Crippen LogP contribution is 2.25. The SMILES string of the molecule is CC[C@H](NC(=O)CCSc1ccc(Cl)cc1)c1ccc(OC)c(C)c1. The van der Waals surface area contributed by atoms with Gasteiger partial charge in [0.25, 0.3) is 0 Å². The molecule has 2 rings (SSSR count). The first-order valence-electron chi connectivity index (χ1n) is 8.35. The summed E-state index contributed by atoms with van der Waals surface area (Å²) < 4.78 is 5.30. The maximum atomic E-state index is 12.3. The summed E-state index contributed by atoms with van der Waals surface area (Å²) in [5, 5.41) is 3.85. The van der Waals surface area contributed by atoms with E-state index in [1.54, 1.807) is 18.9 Å².